The molecule has 0 radical (unpaired) electrons. The van der Waals surface area contributed by atoms with Crippen LogP contribution >= 0.6 is 0 Å². The highest BCUT2D eigenvalue weighted by Gasteiger charge is 2.39. The van der Waals surface area contributed by atoms with E-state index in [9.17, 15) is 23.2 Å². The van der Waals surface area contributed by atoms with Crippen molar-refractivity contribution in [1.29, 1.82) is 0 Å². The van der Waals surface area contributed by atoms with Crippen molar-refractivity contribution in [3.63, 3.8) is 0 Å². The Bertz CT molecular complexity index is 982. The van der Waals surface area contributed by atoms with Gasteiger partial charge in [0.2, 0.25) is 0 Å². The molecule has 0 bridgehead atoms. The molecule has 0 aromatic heterocycles. The van der Waals surface area contributed by atoms with Gasteiger partial charge in [-0.2, -0.15) is 8.78 Å². The van der Waals surface area contributed by atoms with Crippen LogP contribution < -0.4 is 10.6 Å². The Morgan fingerprint density at radius 1 is 1.03 bits per heavy atom. The number of carbonyl (C=O) groups excluding carboxylic acids is 2. The van der Waals surface area contributed by atoms with Gasteiger partial charge in [0, 0.05) is 18.9 Å². The van der Waals surface area contributed by atoms with Gasteiger partial charge in [0.05, 0.1) is 6.54 Å². The molecule has 176 valence electrons. The van der Waals surface area contributed by atoms with Gasteiger partial charge in [0.15, 0.2) is 0 Å². The highest BCUT2D eigenvalue weighted by molar-refractivity contribution is 5.84. The molecule has 0 fully saturated rings. The summed E-state index contributed by atoms with van der Waals surface area (Å²) in [5.41, 5.74) is 4.08. The van der Waals surface area contributed by atoms with Gasteiger partial charge in [-0.15, -0.1) is 0 Å². The van der Waals surface area contributed by atoms with Crippen LogP contribution in [0.3, 0.4) is 0 Å². The number of rotatable bonds is 10. The molecule has 2 aromatic carbocycles. The number of carbonyl (C=O) groups is 3. The van der Waals surface area contributed by atoms with E-state index in [1.807, 2.05) is 53.8 Å². The third-order valence-corrected chi connectivity index (χ3v) is 5.58. The summed E-state index contributed by atoms with van der Waals surface area (Å²) in [5.74, 6) is -6.84. The Morgan fingerprint density at radius 3 is 2.18 bits per heavy atom. The fourth-order valence-electron chi connectivity index (χ4n) is 3.87. The Labute approximate surface area is 190 Å². The summed E-state index contributed by atoms with van der Waals surface area (Å²) in [7, 11) is 0. The maximum atomic E-state index is 14.1. The fourth-order valence-corrected chi connectivity index (χ4v) is 3.87. The van der Waals surface area contributed by atoms with Gasteiger partial charge < -0.3 is 20.5 Å². The van der Waals surface area contributed by atoms with Crippen molar-refractivity contribution in [3.8, 4) is 11.1 Å². The highest BCUT2D eigenvalue weighted by Crippen LogP contribution is 2.44. The van der Waals surface area contributed by atoms with E-state index in [2.05, 4.69) is 5.32 Å². The minimum absolute atomic E-state index is 0.0287. The molecule has 3 N–H and O–H groups in total. The maximum Gasteiger partial charge on any atom is 0.407 e. The molecule has 0 saturated heterocycles. The molecule has 3 rings (SSSR count). The second kappa shape index (κ2) is 10.4. The zero-order valence-electron chi connectivity index (χ0n) is 18.1. The lowest BCUT2D eigenvalue weighted by Crippen LogP contribution is -2.48. The molecule has 1 unspecified atom stereocenters. The smallest absolute Gasteiger partial charge is 0.407 e. The van der Waals surface area contributed by atoms with Crippen LogP contribution in [0.1, 0.15) is 36.8 Å². The molecular weight excluding hydrogens is 434 g/mol. The molecule has 1 aliphatic rings. The van der Waals surface area contributed by atoms with Crippen molar-refractivity contribution in [2.75, 3.05) is 19.7 Å². The zero-order chi connectivity index (χ0) is 24.0. The van der Waals surface area contributed by atoms with Crippen LogP contribution in [0.2, 0.25) is 0 Å². The van der Waals surface area contributed by atoms with Crippen LogP contribution in [0.5, 0.6) is 0 Å². The van der Waals surface area contributed by atoms with E-state index < -0.39 is 30.4 Å². The standard InChI is InChI=1S/C24H26F2N2O5/c1-15(12-21(29)30)10-11-27-22(31)24(25,26)14-28-23(32)33-13-20-18-8-4-2-6-16(18)17-7-3-5-9-19(17)20/h2-9,15,20H,10-14H2,1H3,(H,27,31)(H,28,32)(H,29,30). The number of halogens is 2. The normalized spacial score (nSPS) is 13.5. The maximum absolute atomic E-state index is 14.1. The summed E-state index contributed by atoms with van der Waals surface area (Å²) in [4.78, 5) is 34.4. The number of alkyl carbamates (subject to hydrolysis) is 1. The second-order valence-electron chi connectivity index (χ2n) is 8.13. The first-order chi connectivity index (χ1) is 15.7. The number of amides is 2. The van der Waals surface area contributed by atoms with Gasteiger partial charge in [-0.3, -0.25) is 9.59 Å². The van der Waals surface area contributed by atoms with Gasteiger partial charge in [-0.05, 0) is 34.6 Å². The average Bonchev–Trinajstić information content (AvgIpc) is 3.09. The monoisotopic (exact) mass is 460 g/mol. The number of nitrogens with one attached hydrogen (secondary N) is 2. The molecule has 7 nitrogen and oxygen atoms in total. The Morgan fingerprint density at radius 2 is 1.61 bits per heavy atom. The average molecular weight is 460 g/mol. The summed E-state index contributed by atoms with van der Waals surface area (Å²) in [6.07, 6.45) is -0.914. The minimum atomic E-state index is -3.83. The quantitative estimate of drug-likeness (QED) is 0.501. The Hall–Kier alpha value is -3.49. The molecule has 1 atom stereocenters. The largest absolute Gasteiger partial charge is 0.481 e. The van der Waals surface area contributed by atoms with E-state index in [0.29, 0.717) is 0 Å². The minimum Gasteiger partial charge on any atom is -0.481 e. The van der Waals surface area contributed by atoms with E-state index in [0.717, 1.165) is 22.3 Å². The number of aliphatic carboxylic acids is 1. The second-order valence-corrected chi connectivity index (χ2v) is 8.13. The molecule has 9 heteroatoms. The lowest BCUT2D eigenvalue weighted by Gasteiger charge is -2.18. The molecule has 1 aliphatic carbocycles. The topological polar surface area (TPSA) is 105 Å². The van der Waals surface area contributed by atoms with Crippen LogP contribution in [-0.2, 0) is 14.3 Å². The van der Waals surface area contributed by atoms with Crippen LogP contribution in [0.4, 0.5) is 13.6 Å². The first kappa shape index (κ1) is 24.2. The van der Waals surface area contributed by atoms with Gasteiger partial charge in [-0.25, -0.2) is 4.79 Å². The molecule has 2 aromatic rings. The summed E-state index contributed by atoms with van der Waals surface area (Å²) in [6.45, 7) is 0.324. The molecule has 0 heterocycles. The predicted octanol–water partition coefficient (Wildman–Crippen LogP) is 3.78. The van der Waals surface area contributed by atoms with Crippen LogP contribution in [0.15, 0.2) is 48.5 Å². The van der Waals surface area contributed by atoms with Gasteiger partial charge in [0.25, 0.3) is 5.91 Å². The van der Waals surface area contributed by atoms with Crippen LogP contribution in [0, 0.1) is 5.92 Å². The fraction of sp³-hybridized carbons (Fsp3) is 0.375. The number of hydrogen-bond acceptors (Lipinski definition) is 4. The SMILES string of the molecule is CC(CCNC(=O)C(F)(F)CNC(=O)OCC1c2ccccc2-c2ccccc21)CC(=O)O. The first-order valence-corrected chi connectivity index (χ1v) is 10.7. The number of fused-ring (bicyclic) bond motifs is 3. The number of carboxylic acids is 1. The van der Waals surface area contributed by atoms with Crippen molar-refractivity contribution in [2.24, 2.45) is 5.92 Å². The summed E-state index contributed by atoms with van der Waals surface area (Å²) in [6, 6.07) is 15.5. The van der Waals surface area contributed by atoms with Crippen LogP contribution in [0.25, 0.3) is 11.1 Å². The van der Waals surface area contributed by atoms with E-state index in [1.54, 1.807) is 6.92 Å². The third kappa shape index (κ3) is 6.06. The van der Waals surface area contributed by atoms with Crippen molar-refractivity contribution in [2.45, 2.75) is 31.6 Å². The summed E-state index contributed by atoms with van der Waals surface area (Å²) in [5, 5.41) is 12.7. The van der Waals surface area contributed by atoms with Crippen molar-refractivity contribution in [1.82, 2.24) is 10.6 Å². The van der Waals surface area contributed by atoms with Crippen LogP contribution in [-0.4, -0.2) is 48.7 Å². The third-order valence-electron chi connectivity index (χ3n) is 5.58. The predicted molar refractivity (Wildman–Crippen MR) is 117 cm³/mol. The number of ether oxygens (including phenoxy) is 1. The molecule has 2 amide bonds. The van der Waals surface area contributed by atoms with E-state index in [-0.39, 0.29) is 37.8 Å². The molecule has 33 heavy (non-hydrogen) atoms. The number of alkyl halides is 2. The molecule has 0 spiro atoms. The number of carboxylic acid groups (broad SMARTS) is 1. The number of benzene rings is 2. The lowest BCUT2D eigenvalue weighted by atomic mass is 9.98. The van der Waals surface area contributed by atoms with E-state index in [1.165, 1.54) is 0 Å². The molecular formula is C24H26F2N2O5. The molecule has 0 saturated carbocycles. The summed E-state index contributed by atoms with van der Waals surface area (Å²) >= 11 is 0. The Kier molecular flexibility index (Phi) is 7.63. The number of hydrogen-bond donors (Lipinski definition) is 3. The lowest BCUT2D eigenvalue weighted by molar-refractivity contribution is -0.144. The van der Waals surface area contributed by atoms with Gasteiger partial charge >= 0.3 is 18.0 Å². The van der Waals surface area contributed by atoms with Gasteiger partial charge in [0.1, 0.15) is 6.61 Å². The Balaban J connectivity index is 1.47. The van der Waals surface area contributed by atoms with E-state index >= 15 is 0 Å². The zero-order valence-corrected chi connectivity index (χ0v) is 18.1. The van der Waals surface area contributed by atoms with Crippen molar-refractivity contribution in [3.05, 3.63) is 59.7 Å². The highest BCUT2D eigenvalue weighted by atomic mass is 19.3. The van der Waals surface area contributed by atoms with Crippen molar-refractivity contribution >= 4 is 18.0 Å². The van der Waals surface area contributed by atoms with Gasteiger partial charge in [-0.1, -0.05) is 55.5 Å². The van der Waals surface area contributed by atoms with E-state index in [4.69, 9.17) is 9.84 Å². The first-order valence-electron chi connectivity index (χ1n) is 10.7. The van der Waals surface area contributed by atoms with Crippen molar-refractivity contribution < 1.29 is 33.0 Å². The molecule has 0 aliphatic heterocycles. The summed E-state index contributed by atoms with van der Waals surface area (Å²) < 4.78 is 33.3.